The maximum Gasteiger partial charge on any atom is 0.326 e. The standard InChI is InChI=1S/C24H30N2O11/c25-14(22(33)26-15(23(34)35)8-12-3-6-16(28)17(29)9-12)7-11-1-4-13(5-2-11)36-24-21(32)20(31)19(30)18(10-27)37-24/h1-6,9,14-15,18-21,24,27-32H,7-8,10,25H2,(H,26,33)(H,34,35)/t14-,15-,18+,19+,20-,21+,24+/m0/s1. The minimum absolute atomic E-state index is 0.0541. The minimum atomic E-state index is -1.58. The highest BCUT2D eigenvalue weighted by Gasteiger charge is 2.44. The quantitative estimate of drug-likeness (QED) is 0.154. The molecule has 1 aliphatic rings. The highest BCUT2D eigenvalue weighted by Crippen LogP contribution is 2.26. The lowest BCUT2D eigenvalue weighted by Gasteiger charge is -2.39. The van der Waals surface area contributed by atoms with Gasteiger partial charge in [-0.15, -0.1) is 0 Å². The van der Waals surface area contributed by atoms with Gasteiger partial charge in [0.1, 0.15) is 36.2 Å². The second-order valence-electron chi connectivity index (χ2n) is 8.70. The summed E-state index contributed by atoms with van der Waals surface area (Å²) in [4.78, 5) is 24.2. The smallest absolute Gasteiger partial charge is 0.326 e. The number of nitrogens with two attached hydrogens (primary N) is 1. The van der Waals surface area contributed by atoms with Crippen molar-refractivity contribution in [1.82, 2.24) is 5.32 Å². The third-order valence-electron chi connectivity index (χ3n) is 5.91. The number of carboxylic acids is 1. The first kappa shape index (κ1) is 28.1. The zero-order valence-electron chi connectivity index (χ0n) is 19.5. The molecule has 1 aliphatic heterocycles. The molecular weight excluding hydrogens is 492 g/mol. The third kappa shape index (κ3) is 7.07. The molecule has 7 atom stereocenters. The molecule has 2 aromatic carbocycles. The largest absolute Gasteiger partial charge is 0.504 e. The Kier molecular flexibility index (Phi) is 9.26. The average molecular weight is 523 g/mol. The van der Waals surface area contributed by atoms with Gasteiger partial charge in [-0.1, -0.05) is 18.2 Å². The molecule has 1 saturated heterocycles. The summed E-state index contributed by atoms with van der Waals surface area (Å²) in [6, 6.07) is 7.58. The van der Waals surface area contributed by atoms with E-state index in [0.29, 0.717) is 11.1 Å². The van der Waals surface area contributed by atoms with E-state index in [1.165, 1.54) is 30.3 Å². The maximum absolute atomic E-state index is 12.5. The maximum atomic E-state index is 12.5. The minimum Gasteiger partial charge on any atom is -0.504 e. The predicted octanol–water partition coefficient (Wildman–Crippen LogP) is -2.04. The Morgan fingerprint density at radius 1 is 0.946 bits per heavy atom. The molecule has 0 radical (unpaired) electrons. The number of phenolic OH excluding ortho intramolecular Hbond substituents is 2. The number of phenols is 2. The fourth-order valence-corrected chi connectivity index (χ4v) is 3.76. The summed E-state index contributed by atoms with van der Waals surface area (Å²) >= 11 is 0. The molecular formula is C24H30N2O11. The van der Waals surface area contributed by atoms with Gasteiger partial charge in [0.25, 0.3) is 0 Å². The molecule has 1 fully saturated rings. The van der Waals surface area contributed by atoms with Crippen LogP contribution in [0.25, 0.3) is 0 Å². The van der Waals surface area contributed by atoms with Gasteiger partial charge in [-0.2, -0.15) is 0 Å². The highest BCUT2D eigenvalue weighted by molar-refractivity contribution is 5.87. The molecule has 0 unspecified atom stereocenters. The van der Waals surface area contributed by atoms with Gasteiger partial charge >= 0.3 is 5.97 Å². The number of benzene rings is 2. The first-order chi connectivity index (χ1) is 17.5. The molecule has 1 amide bonds. The summed E-state index contributed by atoms with van der Waals surface area (Å²) in [7, 11) is 0. The summed E-state index contributed by atoms with van der Waals surface area (Å²) < 4.78 is 10.8. The Bertz CT molecular complexity index is 1080. The molecule has 0 aromatic heterocycles. The topological polar surface area (TPSA) is 232 Å². The number of aromatic hydroxyl groups is 2. The van der Waals surface area contributed by atoms with Crippen LogP contribution >= 0.6 is 0 Å². The van der Waals surface area contributed by atoms with E-state index < -0.39 is 67.0 Å². The average Bonchev–Trinajstić information content (AvgIpc) is 2.87. The van der Waals surface area contributed by atoms with Crippen molar-refractivity contribution in [3.63, 3.8) is 0 Å². The zero-order chi connectivity index (χ0) is 27.3. The van der Waals surface area contributed by atoms with Crippen LogP contribution in [0.3, 0.4) is 0 Å². The monoisotopic (exact) mass is 522 g/mol. The van der Waals surface area contributed by atoms with E-state index >= 15 is 0 Å². The molecule has 37 heavy (non-hydrogen) atoms. The molecule has 2 aromatic rings. The normalized spacial score (nSPS) is 25.2. The third-order valence-corrected chi connectivity index (χ3v) is 5.91. The number of hydrogen-bond acceptors (Lipinski definition) is 11. The number of ether oxygens (including phenoxy) is 2. The van der Waals surface area contributed by atoms with Crippen molar-refractivity contribution >= 4 is 11.9 Å². The predicted molar refractivity (Wildman–Crippen MR) is 126 cm³/mol. The molecule has 0 bridgehead atoms. The Balaban J connectivity index is 1.57. The zero-order valence-corrected chi connectivity index (χ0v) is 19.5. The van der Waals surface area contributed by atoms with Crippen LogP contribution in [0.4, 0.5) is 0 Å². The fourth-order valence-electron chi connectivity index (χ4n) is 3.76. The number of carboxylic acid groups (broad SMARTS) is 1. The second kappa shape index (κ2) is 12.2. The van der Waals surface area contributed by atoms with Crippen LogP contribution in [0.1, 0.15) is 11.1 Å². The number of rotatable bonds is 10. The molecule has 0 spiro atoms. The Morgan fingerprint density at radius 3 is 2.19 bits per heavy atom. The van der Waals surface area contributed by atoms with Crippen molar-refractivity contribution < 1.29 is 54.8 Å². The van der Waals surface area contributed by atoms with Gasteiger partial charge in [0.2, 0.25) is 12.2 Å². The fraction of sp³-hybridized carbons (Fsp3) is 0.417. The number of aliphatic hydroxyl groups excluding tert-OH is 4. The van der Waals surface area contributed by atoms with Gasteiger partial charge in [0, 0.05) is 6.42 Å². The summed E-state index contributed by atoms with van der Waals surface area (Å²) in [5.41, 5.74) is 6.95. The van der Waals surface area contributed by atoms with Crippen LogP contribution in [0.15, 0.2) is 42.5 Å². The molecule has 0 aliphatic carbocycles. The summed E-state index contributed by atoms with van der Waals surface area (Å²) in [5.74, 6) is -2.55. The van der Waals surface area contributed by atoms with Crippen molar-refractivity contribution in [2.45, 2.75) is 55.6 Å². The van der Waals surface area contributed by atoms with E-state index in [0.717, 1.165) is 0 Å². The highest BCUT2D eigenvalue weighted by atomic mass is 16.7. The number of carbonyl (C=O) groups excluding carboxylic acids is 1. The molecule has 0 saturated carbocycles. The molecule has 10 N–H and O–H groups in total. The number of aliphatic carboxylic acids is 1. The molecule has 13 nitrogen and oxygen atoms in total. The van der Waals surface area contributed by atoms with Crippen molar-refractivity contribution in [2.24, 2.45) is 5.73 Å². The SMILES string of the molecule is N[C@@H](Cc1ccc(O[C@@H]2O[C@H](CO)[C@@H](O)[C@H](O)[C@H]2O)cc1)C(=O)N[C@@H](Cc1ccc(O)c(O)c1)C(=O)O. The van der Waals surface area contributed by atoms with E-state index in [2.05, 4.69) is 5.32 Å². The Morgan fingerprint density at radius 2 is 1.59 bits per heavy atom. The van der Waals surface area contributed by atoms with E-state index in [9.17, 15) is 45.3 Å². The van der Waals surface area contributed by atoms with Gasteiger partial charge in [0.05, 0.1) is 12.6 Å². The van der Waals surface area contributed by atoms with E-state index in [4.69, 9.17) is 15.2 Å². The first-order valence-electron chi connectivity index (χ1n) is 11.4. The lowest BCUT2D eigenvalue weighted by atomic mass is 9.99. The van der Waals surface area contributed by atoms with Crippen molar-refractivity contribution in [2.75, 3.05) is 6.61 Å². The van der Waals surface area contributed by atoms with E-state index in [-0.39, 0.29) is 24.3 Å². The van der Waals surface area contributed by atoms with E-state index in [1.54, 1.807) is 12.1 Å². The Hall–Kier alpha value is -3.46. The van der Waals surface area contributed by atoms with Crippen molar-refractivity contribution in [3.8, 4) is 17.2 Å². The Labute approximate surface area is 211 Å². The summed E-state index contributed by atoms with van der Waals surface area (Å²) in [6.07, 6.45) is -7.22. The summed E-state index contributed by atoms with van der Waals surface area (Å²) in [6.45, 7) is -0.593. The van der Waals surface area contributed by atoms with Gasteiger partial charge < -0.3 is 56.3 Å². The van der Waals surface area contributed by atoms with Gasteiger partial charge in [-0.25, -0.2) is 4.79 Å². The lowest BCUT2D eigenvalue weighted by molar-refractivity contribution is -0.277. The van der Waals surface area contributed by atoms with E-state index in [1.807, 2.05) is 0 Å². The van der Waals surface area contributed by atoms with Crippen LogP contribution in [-0.2, 0) is 27.2 Å². The van der Waals surface area contributed by atoms with Gasteiger partial charge in [-0.05, 0) is 41.8 Å². The number of amides is 1. The lowest BCUT2D eigenvalue weighted by Crippen LogP contribution is -2.60. The van der Waals surface area contributed by atoms with Crippen LogP contribution < -0.4 is 15.8 Å². The number of carbonyl (C=O) groups is 2. The number of aliphatic hydroxyl groups is 4. The summed E-state index contributed by atoms with van der Waals surface area (Å²) in [5, 5.41) is 69.9. The molecule has 13 heteroatoms. The van der Waals surface area contributed by atoms with Gasteiger partial charge in [0.15, 0.2) is 11.5 Å². The number of nitrogens with one attached hydrogen (secondary N) is 1. The number of hydrogen-bond donors (Lipinski definition) is 9. The van der Waals surface area contributed by atoms with Gasteiger partial charge in [-0.3, -0.25) is 4.79 Å². The second-order valence-corrected chi connectivity index (χ2v) is 8.70. The molecule has 202 valence electrons. The first-order valence-corrected chi connectivity index (χ1v) is 11.4. The van der Waals surface area contributed by atoms with Crippen LogP contribution in [0.2, 0.25) is 0 Å². The van der Waals surface area contributed by atoms with Crippen LogP contribution in [0, 0.1) is 0 Å². The van der Waals surface area contributed by atoms with Crippen LogP contribution in [0.5, 0.6) is 17.2 Å². The van der Waals surface area contributed by atoms with Crippen molar-refractivity contribution in [3.05, 3.63) is 53.6 Å². The van der Waals surface area contributed by atoms with Crippen molar-refractivity contribution in [1.29, 1.82) is 0 Å². The van der Waals surface area contributed by atoms with Crippen LogP contribution in [-0.4, -0.2) is 97.0 Å². The molecule has 3 rings (SSSR count). The molecule has 1 heterocycles.